The van der Waals surface area contributed by atoms with Gasteiger partial charge in [0.15, 0.2) is 0 Å². The van der Waals surface area contributed by atoms with Crippen LogP contribution in [0.5, 0.6) is 0 Å². The molecule has 0 spiro atoms. The molecule has 1 atom stereocenters. The Hall–Kier alpha value is -0.910. The van der Waals surface area contributed by atoms with Crippen molar-refractivity contribution >= 4 is 17.2 Å². The smallest absolute Gasteiger partial charge is 0.225 e. The van der Waals surface area contributed by atoms with Gasteiger partial charge < -0.3 is 15.2 Å². The highest BCUT2D eigenvalue weighted by Crippen LogP contribution is 2.16. The Labute approximate surface area is 112 Å². The average Bonchev–Trinajstić information content (AvgIpc) is 2.63. The van der Waals surface area contributed by atoms with E-state index in [9.17, 15) is 4.79 Å². The molecule has 1 aromatic heterocycles. The Kier molecular flexibility index (Phi) is 5.78. The lowest BCUT2D eigenvalue weighted by Crippen LogP contribution is -2.50. The van der Waals surface area contributed by atoms with Gasteiger partial charge >= 0.3 is 0 Å². The van der Waals surface area contributed by atoms with Crippen molar-refractivity contribution < 1.29 is 14.6 Å². The minimum Gasteiger partial charge on any atom is -0.396 e. The molecular weight excluding hydrogens is 250 g/mol. The number of aliphatic hydroxyl groups is 1. The molecular formula is C13H21NO3S. The van der Waals surface area contributed by atoms with Crippen molar-refractivity contribution in [2.24, 2.45) is 0 Å². The summed E-state index contributed by atoms with van der Waals surface area (Å²) in [4.78, 5) is 14.2. The van der Waals surface area contributed by atoms with Crippen LogP contribution in [0, 0.1) is 6.92 Å². The zero-order valence-corrected chi connectivity index (χ0v) is 12.0. The van der Waals surface area contributed by atoms with E-state index in [-0.39, 0.29) is 12.5 Å². The largest absolute Gasteiger partial charge is 0.396 e. The van der Waals surface area contributed by atoms with Gasteiger partial charge in [0.05, 0.1) is 18.6 Å². The van der Waals surface area contributed by atoms with Gasteiger partial charge in [0.1, 0.15) is 0 Å². The van der Waals surface area contributed by atoms with Gasteiger partial charge in [-0.2, -0.15) is 0 Å². The summed E-state index contributed by atoms with van der Waals surface area (Å²) in [5, 5.41) is 12.0. The van der Waals surface area contributed by atoms with Gasteiger partial charge in [-0.3, -0.25) is 4.79 Å². The van der Waals surface area contributed by atoms with Crippen molar-refractivity contribution in [2.45, 2.75) is 32.2 Å². The van der Waals surface area contributed by atoms with Gasteiger partial charge in [0, 0.05) is 23.5 Å². The highest BCUT2D eigenvalue weighted by molar-refractivity contribution is 7.12. The summed E-state index contributed by atoms with van der Waals surface area (Å²) in [6.45, 7) is 4.32. The lowest BCUT2D eigenvalue weighted by molar-refractivity contribution is -0.123. The van der Waals surface area contributed by atoms with Crippen LogP contribution in [0.1, 0.15) is 23.1 Å². The van der Waals surface area contributed by atoms with E-state index in [1.807, 2.05) is 26.0 Å². The van der Waals surface area contributed by atoms with Crippen molar-refractivity contribution in [2.75, 3.05) is 20.3 Å². The van der Waals surface area contributed by atoms with Gasteiger partial charge in [-0.1, -0.05) is 0 Å². The summed E-state index contributed by atoms with van der Waals surface area (Å²) in [6, 6.07) is 3.98. The van der Waals surface area contributed by atoms with E-state index >= 15 is 0 Å². The molecule has 102 valence electrons. The fraction of sp³-hybridized carbons (Fsp3) is 0.615. The van der Waals surface area contributed by atoms with Crippen molar-refractivity contribution in [1.82, 2.24) is 5.32 Å². The summed E-state index contributed by atoms with van der Waals surface area (Å²) < 4.78 is 5.09. The molecule has 0 aliphatic carbocycles. The van der Waals surface area contributed by atoms with Crippen LogP contribution in [0.25, 0.3) is 0 Å². The molecule has 1 amide bonds. The number of aliphatic hydroxyl groups excluding tert-OH is 1. The molecule has 1 aromatic rings. The summed E-state index contributed by atoms with van der Waals surface area (Å²) in [7, 11) is 1.59. The highest BCUT2D eigenvalue weighted by atomic mass is 32.1. The van der Waals surface area contributed by atoms with Crippen LogP contribution in [0.2, 0.25) is 0 Å². The first-order valence-electron chi connectivity index (χ1n) is 5.95. The average molecular weight is 271 g/mol. The first kappa shape index (κ1) is 15.1. The van der Waals surface area contributed by atoms with E-state index in [0.717, 1.165) is 4.88 Å². The molecule has 0 saturated heterocycles. The first-order chi connectivity index (χ1) is 8.49. The lowest BCUT2D eigenvalue weighted by Gasteiger charge is -2.29. The normalized spacial score (nSPS) is 14.2. The van der Waals surface area contributed by atoms with E-state index < -0.39 is 5.54 Å². The Bertz CT molecular complexity index is 383. The summed E-state index contributed by atoms with van der Waals surface area (Å²) in [5.41, 5.74) is -0.507. The van der Waals surface area contributed by atoms with E-state index in [0.29, 0.717) is 19.4 Å². The molecule has 4 nitrogen and oxygen atoms in total. The Morgan fingerprint density at radius 2 is 2.28 bits per heavy atom. The van der Waals surface area contributed by atoms with Crippen molar-refractivity contribution in [1.29, 1.82) is 0 Å². The number of carbonyl (C=O) groups is 1. The van der Waals surface area contributed by atoms with Crippen LogP contribution in [-0.4, -0.2) is 36.9 Å². The molecule has 1 heterocycles. The number of rotatable bonds is 7. The Morgan fingerprint density at radius 3 is 2.78 bits per heavy atom. The van der Waals surface area contributed by atoms with Crippen LogP contribution < -0.4 is 5.32 Å². The molecule has 0 radical (unpaired) electrons. The molecule has 0 saturated carbocycles. The predicted octanol–water partition coefficient (Wildman–Crippen LogP) is 1.50. The van der Waals surface area contributed by atoms with Crippen LogP contribution in [0.4, 0.5) is 0 Å². The number of carbonyl (C=O) groups excluding carboxylic acids is 1. The molecule has 0 aromatic carbocycles. The van der Waals surface area contributed by atoms with Gasteiger partial charge in [-0.25, -0.2) is 0 Å². The number of nitrogens with one attached hydrogen (secondary N) is 1. The number of methoxy groups -OCH3 is 1. The van der Waals surface area contributed by atoms with E-state index in [1.165, 1.54) is 4.88 Å². The van der Waals surface area contributed by atoms with Gasteiger partial charge in [0.25, 0.3) is 0 Å². The topological polar surface area (TPSA) is 58.6 Å². The molecule has 0 aliphatic heterocycles. The maximum atomic E-state index is 11.9. The third-order valence-electron chi connectivity index (χ3n) is 2.70. The molecule has 0 bridgehead atoms. The maximum Gasteiger partial charge on any atom is 0.225 e. The zero-order chi connectivity index (χ0) is 13.6. The molecule has 2 N–H and O–H groups in total. The van der Waals surface area contributed by atoms with Crippen LogP contribution >= 0.6 is 11.3 Å². The monoisotopic (exact) mass is 271 g/mol. The number of thiophene rings is 1. The standard InChI is InChI=1S/C13H21NO3S/c1-10-4-5-11(18-10)8-12(16)14-13(2,6-7-15)9-17-3/h4-5,15H,6-9H2,1-3H3,(H,14,16). The number of hydrogen-bond donors (Lipinski definition) is 2. The van der Waals surface area contributed by atoms with Crippen molar-refractivity contribution in [3.63, 3.8) is 0 Å². The minimum absolute atomic E-state index is 0.0260. The maximum absolute atomic E-state index is 11.9. The second kappa shape index (κ2) is 6.87. The SMILES string of the molecule is COCC(C)(CCO)NC(=O)Cc1ccc(C)s1. The first-order valence-corrected chi connectivity index (χ1v) is 6.77. The lowest BCUT2D eigenvalue weighted by atomic mass is 9.99. The summed E-state index contributed by atoms with van der Waals surface area (Å²) >= 11 is 1.63. The van der Waals surface area contributed by atoms with E-state index in [1.54, 1.807) is 18.4 Å². The quantitative estimate of drug-likeness (QED) is 0.790. The zero-order valence-electron chi connectivity index (χ0n) is 11.2. The second-order valence-corrected chi connectivity index (χ2v) is 6.08. The van der Waals surface area contributed by atoms with E-state index in [4.69, 9.17) is 9.84 Å². The third kappa shape index (κ3) is 4.76. The number of hydrogen-bond acceptors (Lipinski definition) is 4. The molecule has 0 fully saturated rings. The highest BCUT2D eigenvalue weighted by Gasteiger charge is 2.25. The van der Waals surface area contributed by atoms with Gasteiger partial charge in [-0.05, 0) is 32.4 Å². The van der Waals surface area contributed by atoms with Crippen LogP contribution in [0.3, 0.4) is 0 Å². The molecule has 1 rings (SSSR count). The number of ether oxygens (including phenoxy) is 1. The Morgan fingerprint density at radius 1 is 1.56 bits per heavy atom. The molecule has 18 heavy (non-hydrogen) atoms. The second-order valence-electron chi connectivity index (χ2n) is 4.70. The van der Waals surface area contributed by atoms with Crippen molar-refractivity contribution in [3.05, 3.63) is 21.9 Å². The van der Waals surface area contributed by atoms with Gasteiger partial charge in [-0.15, -0.1) is 11.3 Å². The third-order valence-corrected chi connectivity index (χ3v) is 3.70. The van der Waals surface area contributed by atoms with Crippen LogP contribution in [0.15, 0.2) is 12.1 Å². The summed E-state index contributed by atoms with van der Waals surface area (Å²) in [5.74, 6) is -0.0372. The molecule has 5 heteroatoms. The van der Waals surface area contributed by atoms with Gasteiger partial charge in [0.2, 0.25) is 5.91 Å². The fourth-order valence-corrected chi connectivity index (χ4v) is 2.74. The molecule has 0 aliphatic rings. The number of aryl methyl sites for hydroxylation is 1. The summed E-state index contributed by atoms with van der Waals surface area (Å²) in [6.07, 6.45) is 0.860. The Balaban J connectivity index is 2.55. The van der Waals surface area contributed by atoms with Crippen LogP contribution in [-0.2, 0) is 16.0 Å². The fourth-order valence-electron chi connectivity index (χ4n) is 1.86. The van der Waals surface area contributed by atoms with E-state index in [2.05, 4.69) is 5.32 Å². The molecule has 1 unspecified atom stereocenters. The van der Waals surface area contributed by atoms with Crippen molar-refractivity contribution in [3.8, 4) is 0 Å². The number of amides is 1. The minimum atomic E-state index is -0.507. The predicted molar refractivity (Wildman–Crippen MR) is 72.9 cm³/mol.